The fourth-order valence-electron chi connectivity index (χ4n) is 8.63. The van der Waals surface area contributed by atoms with E-state index in [4.69, 9.17) is 4.42 Å². The van der Waals surface area contributed by atoms with Gasteiger partial charge in [0.25, 0.3) is 0 Å². The Morgan fingerprint density at radius 3 is 1.71 bits per heavy atom. The first-order valence-electron chi connectivity index (χ1n) is 17.7. The summed E-state index contributed by atoms with van der Waals surface area (Å²) in [7, 11) is 0. The van der Waals surface area contributed by atoms with Gasteiger partial charge < -0.3 is 13.6 Å². The van der Waals surface area contributed by atoms with Crippen molar-refractivity contribution >= 4 is 97.1 Å². The maximum atomic E-state index is 6.42. The van der Waals surface area contributed by atoms with E-state index < -0.39 is 0 Å². The van der Waals surface area contributed by atoms with Gasteiger partial charge in [-0.3, -0.25) is 0 Å². The molecule has 0 unspecified atom stereocenters. The Bertz CT molecular complexity index is 3400. The Morgan fingerprint density at radius 2 is 0.942 bits per heavy atom. The summed E-state index contributed by atoms with van der Waals surface area (Å²) >= 11 is 1.88. The smallest absolute Gasteiger partial charge is 0.136 e. The van der Waals surface area contributed by atoms with Gasteiger partial charge in [0.15, 0.2) is 0 Å². The highest BCUT2D eigenvalue weighted by Gasteiger charge is 2.20. The third kappa shape index (κ3) is 3.84. The Morgan fingerprint density at radius 1 is 0.346 bits per heavy atom. The largest absolute Gasteiger partial charge is 0.456 e. The lowest BCUT2D eigenvalue weighted by Crippen LogP contribution is -1.93. The first kappa shape index (κ1) is 28.1. The quantitative estimate of drug-likeness (QED) is 0.182. The number of furan rings is 1. The van der Waals surface area contributed by atoms with E-state index in [1.54, 1.807) is 0 Å². The van der Waals surface area contributed by atoms with Crippen LogP contribution in [0.1, 0.15) is 0 Å². The van der Waals surface area contributed by atoms with Crippen LogP contribution in [0, 0.1) is 0 Å². The molecule has 0 atom stereocenters. The van der Waals surface area contributed by atoms with Crippen LogP contribution in [0.4, 0.5) is 0 Å². The molecule has 0 aliphatic heterocycles. The van der Waals surface area contributed by atoms with E-state index in [-0.39, 0.29) is 0 Å². The molecule has 12 aromatic rings. The van der Waals surface area contributed by atoms with E-state index in [0.717, 1.165) is 27.6 Å². The van der Waals surface area contributed by atoms with Crippen molar-refractivity contribution in [2.24, 2.45) is 0 Å². The summed E-state index contributed by atoms with van der Waals surface area (Å²) in [6.45, 7) is 0. The minimum atomic E-state index is 0.911. The van der Waals surface area contributed by atoms with Crippen molar-refractivity contribution < 1.29 is 4.42 Å². The molecule has 0 N–H and O–H groups in total. The summed E-state index contributed by atoms with van der Waals surface area (Å²) in [6, 6.07) is 61.7. The predicted molar refractivity (Wildman–Crippen MR) is 221 cm³/mol. The summed E-state index contributed by atoms with van der Waals surface area (Å²) in [4.78, 5) is 0. The number of fused-ring (bicyclic) bond motifs is 13. The SMILES string of the molecule is c1ccc(-n2c3ccc(-c4ccc5c(c4)c4c6c(ccc4n5-c4ccccc4)sc4ccccc46)cc3c3cc4oc5ccccc5c4cc32)cc1. The van der Waals surface area contributed by atoms with Gasteiger partial charge >= 0.3 is 0 Å². The van der Waals surface area contributed by atoms with Gasteiger partial charge in [-0.2, -0.15) is 0 Å². The zero-order valence-electron chi connectivity index (χ0n) is 27.9. The Kier molecular flexibility index (Phi) is 5.65. The van der Waals surface area contributed by atoms with Gasteiger partial charge in [-0.25, -0.2) is 0 Å². The lowest BCUT2D eigenvalue weighted by Gasteiger charge is -2.09. The normalized spacial score (nSPS) is 12.2. The second-order valence-corrected chi connectivity index (χ2v) is 14.8. The summed E-state index contributed by atoms with van der Waals surface area (Å²) in [5.41, 5.74) is 11.3. The molecule has 0 amide bonds. The molecule has 0 bridgehead atoms. The maximum Gasteiger partial charge on any atom is 0.136 e. The van der Waals surface area contributed by atoms with Crippen molar-refractivity contribution in [1.82, 2.24) is 9.13 Å². The van der Waals surface area contributed by atoms with E-state index in [1.807, 2.05) is 17.4 Å². The summed E-state index contributed by atoms with van der Waals surface area (Å²) in [5.74, 6) is 0. The molecule has 4 heterocycles. The summed E-state index contributed by atoms with van der Waals surface area (Å²) < 4.78 is 13.9. The van der Waals surface area contributed by atoms with Crippen molar-refractivity contribution in [3.63, 3.8) is 0 Å². The van der Waals surface area contributed by atoms with Crippen LogP contribution < -0.4 is 0 Å². The van der Waals surface area contributed by atoms with Crippen LogP contribution in [0.15, 0.2) is 174 Å². The molecule has 0 radical (unpaired) electrons. The second kappa shape index (κ2) is 10.5. The number of nitrogens with zero attached hydrogens (tertiary/aromatic N) is 2. The van der Waals surface area contributed by atoms with Gasteiger partial charge in [-0.05, 0) is 96.1 Å². The van der Waals surface area contributed by atoms with E-state index in [0.29, 0.717) is 0 Å². The highest BCUT2D eigenvalue weighted by Crippen LogP contribution is 2.45. The Balaban J connectivity index is 1.15. The van der Waals surface area contributed by atoms with Gasteiger partial charge in [0, 0.05) is 63.9 Å². The van der Waals surface area contributed by atoms with Crippen LogP contribution >= 0.6 is 11.3 Å². The standard InChI is InChI=1S/C48H28N2OS/c1-3-11-31(12-4-1)49-40-22-20-30(26-38(40)47-41(49)23-24-46-48(47)34-16-8-10-18-45(34)52-46)29-19-21-39-35(25-29)36-28-44-37(33-15-7-9-17-43(33)51-44)27-42(36)50(39)32-13-5-2-6-14-32/h1-28H. The molecule has 0 aliphatic rings. The molecule has 12 rings (SSSR count). The van der Waals surface area contributed by atoms with Crippen LogP contribution in [0.3, 0.4) is 0 Å². The predicted octanol–water partition coefficient (Wildman–Crippen LogP) is 13.8. The third-order valence-electron chi connectivity index (χ3n) is 10.9. The van der Waals surface area contributed by atoms with Crippen LogP contribution in [0.2, 0.25) is 0 Å². The van der Waals surface area contributed by atoms with Crippen LogP contribution in [0.5, 0.6) is 0 Å². The van der Waals surface area contributed by atoms with Crippen molar-refractivity contribution in [3.8, 4) is 22.5 Å². The first-order valence-corrected chi connectivity index (χ1v) is 18.5. The Hall–Kier alpha value is -6.62. The average Bonchev–Trinajstić information content (AvgIpc) is 3.94. The minimum Gasteiger partial charge on any atom is -0.456 e. The molecule has 0 saturated carbocycles. The van der Waals surface area contributed by atoms with Crippen LogP contribution in [-0.4, -0.2) is 9.13 Å². The lowest BCUT2D eigenvalue weighted by molar-refractivity contribution is 0.669. The monoisotopic (exact) mass is 680 g/mol. The molecule has 8 aromatic carbocycles. The van der Waals surface area contributed by atoms with E-state index in [9.17, 15) is 0 Å². The Labute approximate surface area is 301 Å². The molecule has 0 fully saturated rings. The molecule has 4 heteroatoms. The fraction of sp³-hybridized carbons (Fsp3) is 0. The molecule has 52 heavy (non-hydrogen) atoms. The highest BCUT2D eigenvalue weighted by atomic mass is 32.1. The molecule has 0 saturated heterocycles. The number of hydrogen-bond donors (Lipinski definition) is 0. The second-order valence-electron chi connectivity index (χ2n) is 13.7. The van der Waals surface area contributed by atoms with E-state index in [2.05, 4.69) is 173 Å². The number of aromatic nitrogens is 2. The molecule has 0 aliphatic carbocycles. The van der Waals surface area contributed by atoms with E-state index in [1.165, 1.54) is 80.6 Å². The molecule has 4 aromatic heterocycles. The number of benzene rings is 8. The number of rotatable bonds is 3. The maximum absolute atomic E-state index is 6.42. The van der Waals surface area contributed by atoms with Gasteiger partial charge in [0.05, 0.1) is 22.1 Å². The van der Waals surface area contributed by atoms with Gasteiger partial charge in [-0.15, -0.1) is 11.3 Å². The fourth-order valence-corrected chi connectivity index (χ4v) is 9.75. The zero-order chi connectivity index (χ0) is 33.9. The highest BCUT2D eigenvalue weighted by molar-refractivity contribution is 7.26. The number of para-hydroxylation sites is 3. The van der Waals surface area contributed by atoms with Gasteiger partial charge in [-0.1, -0.05) is 84.9 Å². The lowest BCUT2D eigenvalue weighted by atomic mass is 9.99. The topological polar surface area (TPSA) is 23.0 Å². The number of thiophene rings is 1. The van der Waals surface area contributed by atoms with Crippen LogP contribution in [0.25, 0.3) is 108 Å². The average molecular weight is 681 g/mol. The van der Waals surface area contributed by atoms with Crippen LogP contribution in [-0.2, 0) is 0 Å². The van der Waals surface area contributed by atoms with Gasteiger partial charge in [0.2, 0.25) is 0 Å². The first-order chi connectivity index (χ1) is 25.8. The zero-order valence-corrected chi connectivity index (χ0v) is 28.7. The molecular formula is C48H28N2OS. The van der Waals surface area contributed by atoms with Crippen molar-refractivity contribution in [3.05, 3.63) is 170 Å². The summed E-state index contributed by atoms with van der Waals surface area (Å²) in [5, 5.41) is 9.89. The van der Waals surface area contributed by atoms with Crippen molar-refractivity contribution in [2.75, 3.05) is 0 Å². The molecular weight excluding hydrogens is 653 g/mol. The van der Waals surface area contributed by atoms with Crippen molar-refractivity contribution in [1.29, 1.82) is 0 Å². The van der Waals surface area contributed by atoms with Crippen molar-refractivity contribution in [2.45, 2.75) is 0 Å². The molecule has 3 nitrogen and oxygen atoms in total. The molecule has 0 spiro atoms. The number of hydrogen-bond acceptors (Lipinski definition) is 2. The van der Waals surface area contributed by atoms with Gasteiger partial charge in [0.1, 0.15) is 11.2 Å². The summed E-state index contributed by atoms with van der Waals surface area (Å²) in [6.07, 6.45) is 0. The minimum absolute atomic E-state index is 0.911. The van der Waals surface area contributed by atoms with E-state index >= 15 is 0 Å². The third-order valence-corrected chi connectivity index (χ3v) is 12.0. The molecule has 242 valence electrons.